The van der Waals surface area contributed by atoms with Crippen LogP contribution in [0.5, 0.6) is 5.75 Å². The molecule has 3 saturated heterocycles. The van der Waals surface area contributed by atoms with Crippen molar-refractivity contribution < 1.29 is 14.3 Å². The maximum atomic E-state index is 13.0. The highest BCUT2D eigenvalue weighted by Crippen LogP contribution is 2.30. The van der Waals surface area contributed by atoms with Crippen LogP contribution in [0.2, 0.25) is 0 Å². The number of likely N-dealkylation sites (tertiary alicyclic amines) is 1. The lowest BCUT2D eigenvalue weighted by Crippen LogP contribution is -2.52. The normalized spacial score (nSPS) is 23.0. The van der Waals surface area contributed by atoms with Gasteiger partial charge >= 0.3 is 0 Å². The smallest absolute Gasteiger partial charge is 0.225 e. The molecule has 3 fully saturated rings. The maximum Gasteiger partial charge on any atom is 0.225 e. The minimum absolute atomic E-state index is 0.109. The Labute approximate surface area is 235 Å². The molecule has 6 heteroatoms. The number of hydrogen-bond donors (Lipinski definition) is 0. The fraction of sp³-hybridized carbons (Fsp3) is 0.606. The van der Waals surface area contributed by atoms with E-state index in [1.54, 1.807) is 0 Å². The Bertz CT molecular complexity index is 1030. The van der Waals surface area contributed by atoms with Crippen LogP contribution in [0.25, 0.3) is 0 Å². The number of piperidine rings is 1. The number of nitrogens with zero attached hydrogens (tertiary/aromatic N) is 3. The average molecular weight is 534 g/mol. The zero-order chi connectivity index (χ0) is 27.1. The Morgan fingerprint density at radius 3 is 2.28 bits per heavy atom. The van der Waals surface area contributed by atoms with Crippen LogP contribution < -0.4 is 4.74 Å². The van der Waals surface area contributed by atoms with Crippen molar-refractivity contribution >= 4 is 5.91 Å². The van der Waals surface area contributed by atoms with Gasteiger partial charge in [0, 0.05) is 51.8 Å². The molecule has 3 aliphatic rings. The van der Waals surface area contributed by atoms with Gasteiger partial charge in [0.15, 0.2) is 0 Å². The number of carbonyl (C=O) groups excluding carboxylic acids is 1. The van der Waals surface area contributed by atoms with E-state index < -0.39 is 0 Å². The minimum Gasteiger partial charge on any atom is -0.492 e. The SMILES string of the molecule is CC1(C)CC(C(=O)N2CCN(CCOc3ccc(CN4CCC(Cc5ccccc5)CC4)cc3)CC2)CCO1. The van der Waals surface area contributed by atoms with Crippen molar-refractivity contribution in [3.63, 3.8) is 0 Å². The Balaban J connectivity index is 0.965. The molecule has 0 radical (unpaired) electrons. The third-order valence-electron chi connectivity index (χ3n) is 8.81. The molecule has 1 atom stereocenters. The van der Waals surface area contributed by atoms with E-state index in [4.69, 9.17) is 9.47 Å². The highest BCUT2D eigenvalue weighted by Gasteiger charge is 2.35. The van der Waals surface area contributed by atoms with Gasteiger partial charge in [-0.05, 0) is 88.2 Å². The molecule has 39 heavy (non-hydrogen) atoms. The summed E-state index contributed by atoms with van der Waals surface area (Å²) in [6.45, 7) is 13.3. The number of piperazine rings is 1. The molecular formula is C33H47N3O3. The van der Waals surface area contributed by atoms with E-state index in [-0.39, 0.29) is 11.5 Å². The van der Waals surface area contributed by atoms with Gasteiger partial charge in [-0.1, -0.05) is 42.5 Å². The second-order valence-electron chi connectivity index (χ2n) is 12.4. The molecular weight excluding hydrogens is 486 g/mol. The first-order valence-corrected chi connectivity index (χ1v) is 15.1. The third kappa shape index (κ3) is 8.29. The summed E-state index contributed by atoms with van der Waals surface area (Å²) in [6.07, 6.45) is 5.45. The van der Waals surface area contributed by atoms with Crippen molar-refractivity contribution in [2.75, 3.05) is 59.0 Å². The van der Waals surface area contributed by atoms with E-state index >= 15 is 0 Å². The van der Waals surface area contributed by atoms with E-state index in [1.807, 2.05) is 0 Å². The van der Waals surface area contributed by atoms with Crippen LogP contribution in [0.4, 0.5) is 0 Å². The van der Waals surface area contributed by atoms with Crippen LogP contribution in [0.1, 0.15) is 50.7 Å². The van der Waals surface area contributed by atoms with Crippen molar-refractivity contribution in [2.45, 2.75) is 58.1 Å². The lowest BCUT2D eigenvalue weighted by molar-refractivity contribution is -0.147. The third-order valence-corrected chi connectivity index (χ3v) is 8.81. The topological polar surface area (TPSA) is 45.2 Å². The number of carbonyl (C=O) groups is 1. The molecule has 5 rings (SSSR count). The molecule has 1 amide bonds. The number of hydrogen-bond acceptors (Lipinski definition) is 5. The number of amides is 1. The van der Waals surface area contributed by atoms with Crippen LogP contribution >= 0.6 is 0 Å². The van der Waals surface area contributed by atoms with Gasteiger partial charge in [0.05, 0.1) is 5.60 Å². The van der Waals surface area contributed by atoms with Gasteiger partial charge in [-0.15, -0.1) is 0 Å². The van der Waals surface area contributed by atoms with Crippen LogP contribution in [-0.4, -0.2) is 85.2 Å². The minimum atomic E-state index is -0.185. The standard InChI is InChI=1S/C33H47N3O3/c1-33(2)25-30(14-22-39-33)32(37)36-19-17-34(18-20-36)21-23-38-31-10-8-29(9-11-31)26-35-15-12-28(13-16-35)24-27-6-4-3-5-7-27/h3-11,28,30H,12-26H2,1-2H3. The molecule has 2 aromatic carbocycles. The molecule has 3 aliphatic heterocycles. The summed E-state index contributed by atoms with van der Waals surface area (Å²) in [6, 6.07) is 19.6. The average Bonchev–Trinajstić information content (AvgIpc) is 2.95. The first-order chi connectivity index (χ1) is 18.9. The fourth-order valence-electron chi connectivity index (χ4n) is 6.43. The van der Waals surface area contributed by atoms with Gasteiger partial charge < -0.3 is 14.4 Å². The lowest BCUT2D eigenvalue weighted by atomic mass is 9.87. The van der Waals surface area contributed by atoms with Crippen LogP contribution in [0.3, 0.4) is 0 Å². The molecule has 1 unspecified atom stereocenters. The molecule has 6 nitrogen and oxygen atoms in total. The second-order valence-corrected chi connectivity index (χ2v) is 12.4. The van der Waals surface area contributed by atoms with Gasteiger partial charge in [-0.25, -0.2) is 0 Å². The van der Waals surface area contributed by atoms with Crippen molar-refractivity contribution in [1.29, 1.82) is 0 Å². The summed E-state index contributed by atoms with van der Waals surface area (Å²) in [5.41, 5.74) is 2.65. The maximum absolute atomic E-state index is 13.0. The van der Waals surface area contributed by atoms with Gasteiger partial charge in [-0.3, -0.25) is 14.6 Å². The summed E-state index contributed by atoms with van der Waals surface area (Å²) in [5, 5.41) is 0. The van der Waals surface area contributed by atoms with Gasteiger partial charge in [0.25, 0.3) is 0 Å². The molecule has 0 saturated carbocycles. The van der Waals surface area contributed by atoms with Crippen molar-refractivity contribution in [2.24, 2.45) is 11.8 Å². The van der Waals surface area contributed by atoms with E-state index in [1.165, 1.54) is 43.5 Å². The zero-order valence-electron chi connectivity index (χ0n) is 24.0. The van der Waals surface area contributed by atoms with Crippen molar-refractivity contribution in [3.8, 4) is 5.75 Å². The van der Waals surface area contributed by atoms with E-state index in [0.717, 1.165) is 63.8 Å². The largest absolute Gasteiger partial charge is 0.492 e. The second kappa shape index (κ2) is 13.3. The molecule has 212 valence electrons. The molecule has 0 bridgehead atoms. The van der Waals surface area contributed by atoms with Crippen LogP contribution in [0, 0.1) is 11.8 Å². The first kappa shape index (κ1) is 28.1. The Morgan fingerprint density at radius 1 is 0.872 bits per heavy atom. The molecule has 0 spiro atoms. The summed E-state index contributed by atoms with van der Waals surface area (Å²) in [5.74, 6) is 2.18. The predicted molar refractivity (Wildman–Crippen MR) is 156 cm³/mol. The summed E-state index contributed by atoms with van der Waals surface area (Å²) in [7, 11) is 0. The van der Waals surface area contributed by atoms with Gasteiger partial charge in [-0.2, -0.15) is 0 Å². The van der Waals surface area contributed by atoms with E-state index in [0.29, 0.717) is 19.1 Å². The molecule has 2 aromatic rings. The number of benzene rings is 2. The summed E-state index contributed by atoms with van der Waals surface area (Å²) in [4.78, 5) is 20.1. The Kier molecular flexibility index (Phi) is 9.59. The monoisotopic (exact) mass is 533 g/mol. The fourth-order valence-corrected chi connectivity index (χ4v) is 6.43. The van der Waals surface area contributed by atoms with E-state index in [9.17, 15) is 4.79 Å². The first-order valence-electron chi connectivity index (χ1n) is 15.1. The lowest BCUT2D eigenvalue weighted by Gasteiger charge is -2.40. The van der Waals surface area contributed by atoms with Crippen molar-refractivity contribution in [3.05, 3.63) is 65.7 Å². The van der Waals surface area contributed by atoms with Gasteiger partial charge in [0.2, 0.25) is 5.91 Å². The molecule has 0 N–H and O–H groups in total. The van der Waals surface area contributed by atoms with Crippen LogP contribution in [0.15, 0.2) is 54.6 Å². The van der Waals surface area contributed by atoms with E-state index in [2.05, 4.69) is 83.1 Å². The molecule has 3 heterocycles. The highest BCUT2D eigenvalue weighted by atomic mass is 16.5. The zero-order valence-corrected chi connectivity index (χ0v) is 24.0. The Hall–Kier alpha value is -2.41. The summed E-state index contributed by atoms with van der Waals surface area (Å²) >= 11 is 0. The molecule has 0 aromatic heterocycles. The number of ether oxygens (including phenoxy) is 2. The predicted octanol–water partition coefficient (Wildman–Crippen LogP) is 4.87. The Morgan fingerprint density at radius 2 is 1.59 bits per heavy atom. The highest BCUT2D eigenvalue weighted by molar-refractivity contribution is 5.79. The number of rotatable bonds is 9. The molecule has 0 aliphatic carbocycles. The van der Waals surface area contributed by atoms with Crippen molar-refractivity contribution in [1.82, 2.24) is 14.7 Å². The summed E-state index contributed by atoms with van der Waals surface area (Å²) < 4.78 is 11.9. The van der Waals surface area contributed by atoms with Crippen LogP contribution in [-0.2, 0) is 22.5 Å². The van der Waals surface area contributed by atoms with Gasteiger partial charge in [0.1, 0.15) is 12.4 Å². The quantitative estimate of drug-likeness (QED) is 0.460.